The largest absolute Gasteiger partial charge is 0.379 e. The van der Waals surface area contributed by atoms with Crippen LogP contribution in [-0.2, 0) is 19.1 Å². The fourth-order valence-electron chi connectivity index (χ4n) is 5.00. The Morgan fingerprint density at radius 1 is 0.903 bits per heavy atom. The van der Waals surface area contributed by atoms with Gasteiger partial charge in [0.15, 0.2) is 0 Å². The maximum Gasteiger partial charge on any atom is 0.325 e. The highest BCUT2D eigenvalue weighted by atomic mass is 16.5. The van der Waals surface area contributed by atoms with Crippen molar-refractivity contribution in [2.75, 3.05) is 65.6 Å². The summed E-state index contributed by atoms with van der Waals surface area (Å²) in [6.45, 7) is 5.73. The smallest absolute Gasteiger partial charge is 0.325 e. The highest BCUT2D eigenvalue weighted by Gasteiger charge is 2.52. The van der Waals surface area contributed by atoms with Gasteiger partial charge in [-0.1, -0.05) is 12.8 Å². The molecule has 4 rings (SSSR count). The van der Waals surface area contributed by atoms with Crippen LogP contribution < -0.4 is 5.32 Å². The van der Waals surface area contributed by atoms with Gasteiger partial charge in [0.1, 0.15) is 5.54 Å². The van der Waals surface area contributed by atoms with Gasteiger partial charge in [-0.3, -0.25) is 24.2 Å². The first-order valence-corrected chi connectivity index (χ1v) is 11.5. The zero-order valence-electron chi connectivity index (χ0n) is 18.1. The first-order chi connectivity index (χ1) is 15.0. The van der Waals surface area contributed by atoms with Crippen molar-refractivity contribution in [3.05, 3.63) is 0 Å². The van der Waals surface area contributed by atoms with Crippen LogP contribution in [0.15, 0.2) is 0 Å². The Morgan fingerprint density at radius 3 is 2.16 bits per heavy atom. The molecule has 3 aliphatic heterocycles. The number of amides is 5. The summed E-state index contributed by atoms with van der Waals surface area (Å²) in [5.74, 6) is -0.00819. The van der Waals surface area contributed by atoms with E-state index < -0.39 is 5.54 Å². The number of piperazine rings is 1. The maximum atomic E-state index is 12.7. The Kier molecular flexibility index (Phi) is 6.76. The van der Waals surface area contributed by atoms with Crippen molar-refractivity contribution in [1.82, 2.24) is 24.9 Å². The Hall–Kier alpha value is -2.20. The summed E-state index contributed by atoms with van der Waals surface area (Å²) in [4.78, 5) is 56.9. The highest BCUT2D eigenvalue weighted by molar-refractivity contribution is 6.07. The summed E-state index contributed by atoms with van der Waals surface area (Å²) < 4.78 is 5.31. The number of hydrogen-bond donors (Lipinski definition) is 1. The van der Waals surface area contributed by atoms with Crippen LogP contribution in [0.25, 0.3) is 0 Å². The van der Waals surface area contributed by atoms with Gasteiger partial charge in [0.05, 0.1) is 19.8 Å². The molecule has 1 spiro atoms. The second kappa shape index (κ2) is 9.52. The Morgan fingerprint density at radius 2 is 1.52 bits per heavy atom. The third kappa shape index (κ3) is 4.85. The minimum Gasteiger partial charge on any atom is -0.379 e. The fraction of sp³-hybridized carbons (Fsp3) is 0.810. The van der Waals surface area contributed by atoms with Gasteiger partial charge in [0.2, 0.25) is 11.8 Å². The number of imide groups is 1. The van der Waals surface area contributed by atoms with E-state index in [1.807, 2.05) is 4.90 Å². The van der Waals surface area contributed by atoms with E-state index >= 15 is 0 Å². The lowest BCUT2D eigenvalue weighted by molar-refractivity contribution is -0.140. The SMILES string of the molecule is O=C(CCCN1C(=O)NC2(CCCC2)C1=O)N1CCN(C(=O)CN2CCOCC2)CC1. The van der Waals surface area contributed by atoms with Crippen molar-refractivity contribution in [2.24, 2.45) is 0 Å². The van der Waals surface area contributed by atoms with Crippen LogP contribution in [0.5, 0.6) is 0 Å². The quantitative estimate of drug-likeness (QED) is 0.572. The molecule has 3 saturated heterocycles. The van der Waals surface area contributed by atoms with Gasteiger partial charge in [-0.25, -0.2) is 4.79 Å². The van der Waals surface area contributed by atoms with Crippen molar-refractivity contribution in [2.45, 2.75) is 44.1 Å². The molecule has 5 amide bonds. The molecule has 10 nitrogen and oxygen atoms in total. The van der Waals surface area contributed by atoms with Gasteiger partial charge in [-0.2, -0.15) is 0 Å². The first-order valence-electron chi connectivity index (χ1n) is 11.5. The van der Waals surface area contributed by atoms with Crippen molar-refractivity contribution < 1.29 is 23.9 Å². The van der Waals surface area contributed by atoms with Gasteiger partial charge >= 0.3 is 6.03 Å². The molecule has 0 radical (unpaired) electrons. The average Bonchev–Trinajstić information content (AvgIpc) is 3.34. The monoisotopic (exact) mass is 435 g/mol. The maximum absolute atomic E-state index is 12.7. The topological polar surface area (TPSA) is 102 Å². The number of urea groups is 1. The summed E-state index contributed by atoms with van der Waals surface area (Å²) in [5.41, 5.74) is -0.689. The lowest BCUT2D eigenvalue weighted by Crippen LogP contribution is -2.53. The molecule has 0 aromatic carbocycles. The lowest BCUT2D eigenvalue weighted by Gasteiger charge is -2.36. The van der Waals surface area contributed by atoms with E-state index in [1.165, 1.54) is 4.90 Å². The molecule has 172 valence electrons. The van der Waals surface area contributed by atoms with Gasteiger partial charge in [-0.15, -0.1) is 0 Å². The molecular formula is C21H33N5O5. The van der Waals surface area contributed by atoms with Crippen LogP contribution in [0.2, 0.25) is 0 Å². The number of nitrogens with one attached hydrogen (secondary N) is 1. The Balaban J connectivity index is 1.16. The van der Waals surface area contributed by atoms with E-state index in [1.54, 1.807) is 4.90 Å². The van der Waals surface area contributed by atoms with Gasteiger partial charge < -0.3 is 19.9 Å². The van der Waals surface area contributed by atoms with E-state index in [4.69, 9.17) is 4.74 Å². The number of carbonyl (C=O) groups excluding carboxylic acids is 4. The summed E-state index contributed by atoms with van der Waals surface area (Å²) in [6.07, 6.45) is 4.09. The van der Waals surface area contributed by atoms with Crippen LogP contribution in [-0.4, -0.2) is 114 Å². The number of rotatable bonds is 6. The second-order valence-electron chi connectivity index (χ2n) is 8.93. The molecule has 1 N–H and O–H groups in total. The number of ether oxygens (including phenoxy) is 1. The predicted octanol–water partition coefficient (Wildman–Crippen LogP) is -0.366. The molecule has 4 aliphatic rings. The minimum absolute atomic E-state index is 0.0166. The zero-order chi connectivity index (χ0) is 21.8. The molecule has 1 saturated carbocycles. The van der Waals surface area contributed by atoms with Crippen LogP contribution in [0.3, 0.4) is 0 Å². The molecule has 0 aromatic rings. The molecule has 0 atom stereocenters. The van der Waals surface area contributed by atoms with Crippen LogP contribution in [0, 0.1) is 0 Å². The average molecular weight is 436 g/mol. The van der Waals surface area contributed by atoms with Crippen molar-refractivity contribution in [3.8, 4) is 0 Å². The van der Waals surface area contributed by atoms with E-state index in [-0.39, 0.29) is 30.3 Å². The molecule has 0 aromatic heterocycles. The number of hydrogen-bond acceptors (Lipinski definition) is 6. The lowest BCUT2D eigenvalue weighted by atomic mass is 9.98. The normalized spacial score (nSPS) is 24.2. The zero-order valence-corrected chi connectivity index (χ0v) is 18.1. The van der Waals surface area contributed by atoms with Crippen LogP contribution in [0.4, 0.5) is 4.79 Å². The minimum atomic E-state index is -0.689. The molecule has 10 heteroatoms. The van der Waals surface area contributed by atoms with E-state index in [9.17, 15) is 19.2 Å². The summed E-state index contributed by atoms with van der Waals surface area (Å²) in [7, 11) is 0. The molecule has 0 bridgehead atoms. The highest BCUT2D eigenvalue weighted by Crippen LogP contribution is 2.35. The summed E-state index contributed by atoms with van der Waals surface area (Å²) in [5, 5.41) is 2.87. The number of morpholine rings is 1. The van der Waals surface area contributed by atoms with E-state index in [0.717, 1.165) is 25.9 Å². The van der Waals surface area contributed by atoms with Gasteiger partial charge in [0, 0.05) is 52.2 Å². The van der Waals surface area contributed by atoms with Gasteiger partial charge in [-0.05, 0) is 19.3 Å². The molecular weight excluding hydrogens is 402 g/mol. The standard InChI is InChI=1S/C21H33N5O5/c27-17(4-3-7-26-19(29)21(22-20(26)30)5-1-2-6-21)24-8-10-25(11-9-24)18(28)16-23-12-14-31-15-13-23/h1-16H2,(H,22,30). The van der Waals surface area contributed by atoms with E-state index in [0.29, 0.717) is 71.6 Å². The third-order valence-corrected chi connectivity index (χ3v) is 6.92. The molecule has 3 heterocycles. The second-order valence-corrected chi connectivity index (χ2v) is 8.93. The predicted molar refractivity (Wildman–Crippen MR) is 111 cm³/mol. The number of carbonyl (C=O) groups is 4. The van der Waals surface area contributed by atoms with Crippen LogP contribution >= 0.6 is 0 Å². The first kappa shape index (κ1) is 22.0. The van der Waals surface area contributed by atoms with Crippen LogP contribution in [0.1, 0.15) is 38.5 Å². The molecule has 0 unspecified atom stereocenters. The van der Waals surface area contributed by atoms with Gasteiger partial charge in [0.25, 0.3) is 5.91 Å². The number of nitrogens with zero attached hydrogens (tertiary/aromatic N) is 4. The Labute approximate surface area is 182 Å². The van der Waals surface area contributed by atoms with E-state index in [2.05, 4.69) is 10.2 Å². The summed E-state index contributed by atoms with van der Waals surface area (Å²) >= 11 is 0. The fourth-order valence-corrected chi connectivity index (χ4v) is 5.00. The van der Waals surface area contributed by atoms with Crippen molar-refractivity contribution in [1.29, 1.82) is 0 Å². The van der Waals surface area contributed by atoms with Crippen molar-refractivity contribution in [3.63, 3.8) is 0 Å². The Bertz CT molecular complexity index is 709. The molecule has 1 aliphatic carbocycles. The summed E-state index contributed by atoms with van der Waals surface area (Å²) in [6, 6.07) is -0.327. The van der Waals surface area contributed by atoms with Crippen molar-refractivity contribution >= 4 is 23.8 Å². The molecule has 31 heavy (non-hydrogen) atoms. The molecule has 4 fully saturated rings. The third-order valence-electron chi connectivity index (χ3n) is 6.92.